The lowest BCUT2D eigenvalue weighted by Gasteiger charge is -2.13. The van der Waals surface area contributed by atoms with Gasteiger partial charge in [0.15, 0.2) is 0 Å². The molecule has 0 aliphatic rings. The summed E-state index contributed by atoms with van der Waals surface area (Å²) in [6.07, 6.45) is 1.70. The molecule has 0 radical (unpaired) electrons. The lowest BCUT2D eigenvalue weighted by atomic mass is 10.2. The SMILES string of the molecule is Cc1cccc(NS(=O)(=O)c2cc(NC(=O)c3cc(C)n(-c4ccccn4)c3C)ccc2C)c1. The fourth-order valence-electron chi connectivity index (χ4n) is 3.92. The number of hydrogen-bond acceptors (Lipinski definition) is 4. The van der Waals surface area contributed by atoms with Crippen LogP contribution in [-0.2, 0) is 10.0 Å². The number of pyridine rings is 1. The standard InChI is InChI=1S/C26H26N4O3S/c1-17-8-7-9-22(14-17)29-34(32,33)24-16-21(12-11-18(24)2)28-26(31)23-15-19(3)30(20(23)4)25-10-5-6-13-27-25/h5-16,29H,1-4H3,(H,28,31). The third-order valence-electron chi connectivity index (χ3n) is 5.56. The van der Waals surface area contributed by atoms with E-state index < -0.39 is 10.0 Å². The molecular formula is C26H26N4O3S. The molecule has 8 heteroatoms. The molecule has 0 saturated carbocycles. The van der Waals surface area contributed by atoms with Crippen LogP contribution in [0.25, 0.3) is 5.82 Å². The highest BCUT2D eigenvalue weighted by Gasteiger charge is 2.20. The highest BCUT2D eigenvalue weighted by Crippen LogP contribution is 2.25. The summed E-state index contributed by atoms with van der Waals surface area (Å²) in [5.41, 5.74) is 4.50. The number of carbonyl (C=O) groups excluding carboxylic acids is 1. The van der Waals surface area contributed by atoms with E-state index in [0.717, 1.165) is 22.8 Å². The van der Waals surface area contributed by atoms with E-state index in [1.165, 1.54) is 6.07 Å². The van der Waals surface area contributed by atoms with E-state index in [1.807, 2.05) is 49.6 Å². The number of amides is 1. The van der Waals surface area contributed by atoms with Gasteiger partial charge >= 0.3 is 0 Å². The van der Waals surface area contributed by atoms with Crippen LogP contribution in [0.5, 0.6) is 0 Å². The van der Waals surface area contributed by atoms with Crippen LogP contribution in [0.2, 0.25) is 0 Å². The first-order valence-corrected chi connectivity index (χ1v) is 12.3. The minimum atomic E-state index is -3.84. The van der Waals surface area contributed by atoms with Gasteiger partial charge in [-0.15, -0.1) is 0 Å². The first-order valence-electron chi connectivity index (χ1n) is 10.8. The van der Waals surface area contributed by atoms with Gasteiger partial charge in [0.2, 0.25) is 0 Å². The van der Waals surface area contributed by atoms with Crippen molar-refractivity contribution in [3.05, 3.63) is 101 Å². The fourth-order valence-corrected chi connectivity index (χ4v) is 5.24. The third-order valence-corrected chi connectivity index (χ3v) is 7.08. The summed E-state index contributed by atoms with van der Waals surface area (Å²) in [6.45, 7) is 7.38. The van der Waals surface area contributed by atoms with Crippen LogP contribution in [0, 0.1) is 27.7 Å². The van der Waals surface area contributed by atoms with E-state index in [-0.39, 0.29) is 10.8 Å². The van der Waals surface area contributed by atoms with Crippen LogP contribution in [-0.4, -0.2) is 23.9 Å². The Hall–Kier alpha value is -3.91. The second kappa shape index (κ2) is 9.15. The maximum Gasteiger partial charge on any atom is 0.262 e. The van der Waals surface area contributed by atoms with Gasteiger partial charge in [0.1, 0.15) is 5.82 Å². The predicted molar refractivity (Wildman–Crippen MR) is 134 cm³/mol. The summed E-state index contributed by atoms with van der Waals surface area (Å²) in [6, 6.07) is 19.4. The second-order valence-corrected chi connectivity index (χ2v) is 9.87. The molecule has 0 atom stereocenters. The quantitative estimate of drug-likeness (QED) is 0.404. The second-order valence-electron chi connectivity index (χ2n) is 8.22. The molecule has 0 fully saturated rings. The van der Waals surface area contributed by atoms with E-state index in [9.17, 15) is 13.2 Å². The molecule has 7 nitrogen and oxygen atoms in total. The van der Waals surface area contributed by atoms with Crippen molar-refractivity contribution in [2.45, 2.75) is 32.6 Å². The van der Waals surface area contributed by atoms with Gasteiger partial charge in [-0.3, -0.25) is 9.52 Å². The van der Waals surface area contributed by atoms with Gasteiger partial charge in [-0.2, -0.15) is 0 Å². The van der Waals surface area contributed by atoms with E-state index in [2.05, 4.69) is 15.0 Å². The molecule has 174 valence electrons. The van der Waals surface area contributed by atoms with Crippen molar-refractivity contribution < 1.29 is 13.2 Å². The molecular weight excluding hydrogens is 448 g/mol. The molecule has 34 heavy (non-hydrogen) atoms. The van der Waals surface area contributed by atoms with E-state index in [0.29, 0.717) is 22.5 Å². The van der Waals surface area contributed by atoms with Crippen molar-refractivity contribution in [1.82, 2.24) is 9.55 Å². The Labute approximate surface area is 199 Å². The summed E-state index contributed by atoms with van der Waals surface area (Å²) in [7, 11) is -3.84. The van der Waals surface area contributed by atoms with Crippen molar-refractivity contribution in [2.24, 2.45) is 0 Å². The molecule has 0 aliphatic carbocycles. The van der Waals surface area contributed by atoms with Crippen molar-refractivity contribution in [3.8, 4) is 5.82 Å². The molecule has 0 unspecified atom stereocenters. The third kappa shape index (κ3) is 4.72. The predicted octanol–water partition coefficient (Wildman–Crippen LogP) is 5.16. The molecule has 0 aliphatic heterocycles. The number of anilines is 2. The number of nitrogens with one attached hydrogen (secondary N) is 2. The molecule has 0 bridgehead atoms. The first-order chi connectivity index (χ1) is 16.2. The topological polar surface area (TPSA) is 93.1 Å². The number of benzene rings is 2. The van der Waals surface area contributed by atoms with Gasteiger partial charge in [-0.1, -0.05) is 24.3 Å². The summed E-state index contributed by atoms with van der Waals surface area (Å²) in [4.78, 5) is 17.6. The smallest absolute Gasteiger partial charge is 0.262 e. The van der Waals surface area contributed by atoms with E-state index in [1.54, 1.807) is 49.5 Å². The zero-order chi connectivity index (χ0) is 24.5. The molecule has 4 aromatic rings. The number of sulfonamides is 1. The highest BCUT2D eigenvalue weighted by molar-refractivity contribution is 7.92. The van der Waals surface area contributed by atoms with Gasteiger partial charge in [0.05, 0.1) is 10.5 Å². The number of nitrogens with zero attached hydrogens (tertiary/aromatic N) is 2. The van der Waals surface area contributed by atoms with Crippen LogP contribution in [0.1, 0.15) is 32.9 Å². The Morgan fingerprint density at radius 2 is 1.68 bits per heavy atom. The Balaban J connectivity index is 1.61. The van der Waals surface area contributed by atoms with Gasteiger partial charge in [0.25, 0.3) is 15.9 Å². The number of rotatable bonds is 6. The zero-order valence-corrected chi connectivity index (χ0v) is 20.3. The fraction of sp³-hybridized carbons (Fsp3) is 0.154. The summed E-state index contributed by atoms with van der Waals surface area (Å²) in [5.74, 6) is 0.400. The molecule has 2 aromatic heterocycles. The molecule has 2 aromatic carbocycles. The number of aryl methyl sites for hydroxylation is 3. The van der Waals surface area contributed by atoms with Crippen LogP contribution in [0.3, 0.4) is 0 Å². The molecule has 1 amide bonds. The minimum absolute atomic E-state index is 0.103. The van der Waals surface area contributed by atoms with Gasteiger partial charge in [0, 0.05) is 29.0 Å². The zero-order valence-electron chi connectivity index (χ0n) is 19.5. The Morgan fingerprint density at radius 1 is 0.882 bits per heavy atom. The normalized spacial score (nSPS) is 11.3. The molecule has 0 spiro atoms. The molecule has 0 saturated heterocycles. The van der Waals surface area contributed by atoms with Crippen LogP contribution in [0.4, 0.5) is 11.4 Å². The van der Waals surface area contributed by atoms with E-state index >= 15 is 0 Å². The van der Waals surface area contributed by atoms with Crippen molar-refractivity contribution in [1.29, 1.82) is 0 Å². The van der Waals surface area contributed by atoms with Crippen molar-refractivity contribution >= 4 is 27.3 Å². The van der Waals surface area contributed by atoms with Gasteiger partial charge in [-0.25, -0.2) is 13.4 Å². The van der Waals surface area contributed by atoms with Crippen molar-refractivity contribution in [3.63, 3.8) is 0 Å². The van der Waals surface area contributed by atoms with Gasteiger partial charge in [-0.05, 0) is 81.3 Å². The molecule has 2 heterocycles. The maximum absolute atomic E-state index is 13.1. The Morgan fingerprint density at radius 3 is 2.38 bits per heavy atom. The minimum Gasteiger partial charge on any atom is -0.322 e. The number of aromatic nitrogens is 2. The summed E-state index contributed by atoms with van der Waals surface area (Å²) in [5, 5.41) is 2.84. The van der Waals surface area contributed by atoms with Crippen LogP contribution < -0.4 is 10.0 Å². The van der Waals surface area contributed by atoms with Crippen LogP contribution >= 0.6 is 0 Å². The van der Waals surface area contributed by atoms with Crippen molar-refractivity contribution in [2.75, 3.05) is 10.0 Å². The largest absolute Gasteiger partial charge is 0.322 e. The number of carbonyl (C=O) groups is 1. The average Bonchev–Trinajstić information content (AvgIpc) is 3.09. The lowest BCUT2D eigenvalue weighted by Crippen LogP contribution is -2.16. The summed E-state index contributed by atoms with van der Waals surface area (Å²) >= 11 is 0. The lowest BCUT2D eigenvalue weighted by molar-refractivity contribution is 0.102. The average molecular weight is 475 g/mol. The highest BCUT2D eigenvalue weighted by atomic mass is 32.2. The Kier molecular flexibility index (Phi) is 6.26. The number of hydrogen-bond donors (Lipinski definition) is 2. The molecule has 4 rings (SSSR count). The van der Waals surface area contributed by atoms with Gasteiger partial charge < -0.3 is 9.88 Å². The van der Waals surface area contributed by atoms with E-state index in [4.69, 9.17) is 0 Å². The van der Waals surface area contributed by atoms with Crippen LogP contribution in [0.15, 0.2) is 77.8 Å². The summed E-state index contributed by atoms with van der Waals surface area (Å²) < 4.78 is 30.7. The first kappa shape index (κ1) is 23.3. The monoisotopic (exact) mass is 474 g/mol. The maximum atomic E-state index is 13.1. The molecule has 2 N–H and O–H groups in total. The Bertz CT molecular complexity index is 1480.